The third-order valence-electron chi connectivity index (χ3n) is 6.38. The topological polar surface area (TPSA) is 73.9 Å². The van der Waals surface area contributed by atoms with Crippen LogP contribution in [0.3, 0.4) is 0 Å². The minimum atomic E-state index is -0.552. The van der Waals surface area contributed by atoms with E-state index in [1.54, 1.807) is 6.07 Å². The molecule has 2 N–H and O–H groups in total. The number of nitrogens with one attached hydrogen (secondary N) is 2. The third kappa shape index (κ3) is 3.95. The number of amides is 1. The van der Waals surface area contributed by atoms with E-state index in [4.69, 9.17) is 4.74 Å². The highest BCUT2D eigenvalue weighted by Crippen LogP contribution is 2.44. The van der Waals surface area contributed by atoms with E-state index in [-0.39, 0.29) is 35.3 Å². The fraction of sp³-hybridized carbons (Fsp3) is 0.360. The summed E-state index contributed by atoms with van der Waals surface area (Å²) in [7, 11) is 0. The van der Waals surface area contributed by atoms with Gasteiger partial charge < -0.3 is 25.2 Å². The third-order valence-corrected chi connectivity index (χ3v) is 6.38. The second-order valence-electron chi connectivity index (χ2n) is 8.46. The largest absolute Gasteiger partial charge is 0.489 e. The number of anilines is 3. The van der Waals surface area contributed by atoms with Crippen LogP contribution in [0.15, 0.2) is 53.9 Å². The van der Waals surface area contributed by atoms with Gasteiger partial charge in [-0.15, -0.1) is 0 Å². The number of ether oxygens (including phenoxy) is 1. The molecule has 172 valence electrons. The molecule has 7 nitrogen and oxygen atoms in total. The highest BCUT2D eigenvalue weighted by atomic mass is 19.1. The number of rotatable bonds is 6. The summed E-state index contributed by atoms with van der Waals surface area (Å²) in [5, 5.41) is 6.02. The lowest BCUT2D eigenvalue weighted by Gasteiger charge is -2.30. The molecule has 1 atom stereocenters. The zero-order valence-corrected chi connectivity index (χ0v) is 18.6. The second-order valence-corrected chi connectivity index (χ2v) is 8.46. The van der Waals surface area contributed by atoms with E-state index < -0.39 is 11.7 Å². The number of hydrogen-bond acceptors (Lipinski definition) is 6. The average molecular weight is 451 g/mol. The van der Waals surface area contributed by atoms with Crippen LogP contribution in [0.4, 0.5) is 21.5 Å². The Morgan fingerprint density at radius 1 is 1.24 bits per heavy atom. The van der Waals surface area contributed by atoms with Crippen LogP contribution in [-0.2, 0) is 9.59 Å². The van der Waals surface area contributed by atoms with Gasteiger partial charge in [-0.2, -0.15) is 0 Å². The lowest BCUT2D eigenvalue weighted by molar-refractivity contribution is -0.120. The van der Waals surface area contributed by atoms with Gasteiger partial charge in [0, 0.05) is 37.3 Å². The molecular formula is C25H27FN4O3. The van der Waals surface area contributed by atoms with Gasteiger partial charge in [0.25, 0.3) is 5.91 Å². The van der Waals surface area contributed by atoms with Crippen molar-refractivity contribution in [2.24, 2.45) is 0 Å². The molecule has 3 heterocycles. The van der Waals surface area contributed by atoms with Crippen molar-refractivity contribution in [3.63, 3.8) is 0 Å². The molecule has 0 aromatic heterocycles. The Morgan fingerprint density at radius 2 is 2.06 bits per heavy atom. The van der Waals surface area contributed by atoms with Crippen LogP contribution >= 0.6 is 0 Å². The lowest BCUT2D eigenvalue weighted by atomic mass is 10.0. The molecule has 2 aromatic carbocycles. The molecule has 33 heavy (non-hydrogen) atoms. The van der Waals surface area contributed by atoms with Crippen LogP contribution in [0.2, 0.25) is 0 Å². The molecule has 8 heteroatoms. The SMILES string of the molecule is CCN1C2=C(C(=O)Nc3ccc(OC[C@@H]4CCCN4)c(F)c3)C(=O)CCN2c2ccccc21. The van der Waals surface area contributed by atoms with Crippen LogP contribution in [0.5, 0.6) is 5.75 Å². The molecule has 0 radical (unpaired) electrons. The van der Waals surface area contributed by atoms with Crippen LogP contribution in [-0.4, -0.2) is 44.0 Å². The number of fused-ring (bicyclic) bond motifs is 3. The van der Waals surface area contributed by atoms with Crippen LogP contribution in [0.25, 0.3) is 0 Å². The van der Waals surface area contributed by atoms with E-state index in [0.717, 1.165) is 30.8 Å². The highest BCUT2D eigenvalue weighted by Gasteiger charge is 2.40. The number of ketones is 1. The van der Waals surface area contributed by atoms with Gasteiger partial charge in [-0.3, -0.25) is 9.59 Å². The second kappa shape index (κ2) is 8.86. The van der Waals surface area contributed by atoms with E-state index in [1.807, 2.05) is 41.0 Å². The van der Waals surface area contributed by atoms with Crippen molar-refractivity contribution in [1.82, 2.24) is 5.32 Å². The Kier molecular flexibility index (Phi) is 5.76. The van der Waals surface area contributed by atoms with Crippen molar-refractivity contribution >= 4 is 28.8 Å². The highest BCUT2D eigenvalue weighted by molar-refractivity contribution is 6.25. The maximum absolute atomic E-state index is 14.6. The smallest absolute Gasteiger partial charge is 0.263 e. The van der Waals surface area contributed by atoms with E-state index in [0.29, 0.717) is 25.5 Å². The van der Waals surface area contributed by atoms with E-state index in [9.17, 15) is 14.0 Å². The van der Waals surface area contributed by atoms with Crippen molar-refractivity contribution in [3.05, 3.63) is 59.7 Å². The van der Waals surface area contributed by atoms with Gasteiger partial charge in [0.2, 0.25) is 0 Å². The summed E-state index contributed by atoms with van der Waals surface area (Å²) in [5.74, 6) is -0.559. The molecule has 2 aromatic rings. The first-order valence-electron chi connectivity index (χ1n) is 11.5. The van der Waals surface area contributed by atoms with E-state index in [1.165, 1.54) is 12.1 Å². The quantitative estimate of drug-likeness (QED) is 0.657. The van der Waals surface area contributed by atoms with Gasteiger partial charge in [0.15, 0.2) is 17.3 Å². The molecule has 1 fully saturated rings. The zero-order valence-electron chi connectivity index (χ0n) is 18.6. The number of para-hydroxylation sites is 2. The molecule has 1 saturated heterocycles. The molecule has 0 aliphatic carbocycles. The van der Waals surface area contributed by atoms with Crippen LogP contribution < -0.4 is 25.2 Å². The molecule has 3 aliphatic rings. The Balaban J connectivity index is 1.37. The summed E-state index contributed by atoms with van der Waals surface area (Å²) in [4.78, 5) is 30.1. The van der Waals surface area contributed by atoms with E-state index >= 15 is 0 Å². The Bertz CT molecular complexity index is 1110. The molecule has 1 amide bonds. The maximum atomic E-state index is 14.6. The van der Waals surface area contributed by atoms with Crippen molar-refractivity contribution < 1.29 is 18.7 Å². The minimum Gasteiger partial charge on any atom is -0.489 e. The summed E-state index contributed by atoms with van der Waals surface area (Å²) in [6.07, 6.45) is 2.35. The number of halogens is 1. The minimum absolute atomic E-state index is 0.104. The summed E-state index contributed by atoms with van der Waals surface area (Å²) >= 11 is 0. The van der Waals surface area contributed by atoms with Gasteiger partial charge in [0.05, 0.1) is 11.4 Å². The van der Waals surface area contributed by atoms with Crippen molar-refractivity contribution in [1.29, 1.82) is 0 Å². The predicted octanol–water partition coefficient (Wildman–Crippen LogP) is 3.43. The molecular weight excluding hydrogens is 423 g/mol. The summed E-state index contributed by atoms with van der Waals surface area (Å²) in [6.45, 7) is 4.47. The summed E-state index contributed by atoms with van der Waals surface area (Å²) < 4.78 is 20.2. The van der Waals surface area contributed by atoms with Crippen LogP contribution in [0, 0.1) is 5.82 Å². The van der Waals surface area contributed by atoms with Gasteiger partial charge in [0.1, 0.15) is 18.0 Å². The first kappa shape index (κ1) is 21.5. The molecule has 0 unspecified atom stereocenters. The van der Waals surface area contributed by atoms with Crippen molar-refractivity contribution in [3.8, 4) is 5.75 Å². The average Bonchev–Trinajstić information content (AvgIpc) is 3.44. The number of Topliss-reactive ketones (excluding diaryl/α,β-unsaturated/α-hetero) is 1. The monoisotopic (exact) mass is 450 g/mol. The Morgan fingerprint density at radius 3 is 2.79 bits per heavy atom. The first-order chi connectivity index (χ1) is 16.1. The van der Waals surface area contributed by atoms with Crippen LogP contribution in [0.1, 0.15) is 26.2 Å². The summed E-state index contributed by atoms with van der Waals surface area (Å²) in [6, 6.07) is 12.4. The molecule has 3 aliphatic heterocycles. The lowest BCUT2D eigenvalue weighted by Crippen LogP contribution is -2.40. The number of benzene rings is 2. The Hall–Kier alpha value is -3.39. The fourth-order valence-corrected chi connectivity index (χ4v) is 4.78. The Labute approximate surface area is 192 Å². The predicted molar refractivity (Wildman–Crippen MR) is 125 cm³/mol. The normalized spacial score (nSPS) is 19.6. The van der Waals surface area contributed by atoms with Crippen molar-refractivity contribution in [2.75, 3.05) is 41.4 Å². The molecule has 0 bridgehead atoms. The van der Waals surface area contributed by atoms with Gasteiger partial charge in [-0.1, -0.05) is 12.1 Å². The number of hydrogen-bond donors (Lipinski definition) is 2. The zero-order chi connectivity index (χ0) is 22.9. The standard InChI is InChI=1S/C25H27FN4O3/c1-2-29-19-7-3-4-8-20(19)30-13-11-21(31)23(25(29)30)24(32)28-16-9-10-22(18(26)14-16)33-15-17-6-5-12-27-17/h3-4,7-10,14,17,27H,2,5-6,11-13,15H2,1H3,(H,28,32)/t17-/m0/s1. The molecule has 0 saturated carbocycles. The molecule has 0 spiro atoms. The van der Waals surface area contributed by atoms with Gasteiger partial charge in [-0.05, 0) is 50.6 Å². The van der Waals surface area contributed by atoms with Gasteiger partial charge >= 0.3 is 0 Å². The summed E-state index contributed by atoms with van der Waals surface area (Å²) in [5.41, 5.74) is 2.34. The van der Waals surface area contributed by atoms with Gasteiger partial charge in [-0.25, -0.2) is 4.39 Å². The first-order valence-corrected chi connectivity index (χ1v) is 11.5. The number of nitrogens with zero attached hydrogens (tertiary/aromatic N) is 2. The fourth-order valence-electron chi connectivity index (χ4n) is 4.78. The van der Waals surface area contributed by atoms with Crippen molar-refractivity contribution in [2.45, 2.75) is 32.2 Å². The number of carbonyl (C=O) groups excluding carboxylic acids is 2. The maximum Gasteiger partial charge on any atom is 0.263 e. The molecule has 5 rings (SSSR count). The van der Waals surface area contributed by atoms with E-state index in [2.05, 4.69) is 10.6 Å². The number of carbonyl (C=O) groups is 2.